The van der Waals surface area contributed by atoms with Gasteiger partial charge < -0.3 is 5.32 Å². The summed E-state index contributed by atoms with van der Waals surface area (Å²) in [5, 5.41) is 10.1. The number of nitrogens with zero attached hydrogens (tertiary/aromatic N) is 2. The minimum absolute atomic E-state index is 0.0442. The van der Waals surface area contributed by atoms with Gasteiger partial charge in [0.15, 0.2) is 10.6 Å². The zero-order valence-electron chi connectivity index (χ0n) is 13.6. The van der Waals surface area contributed by atoms with E-state index < -0.39 is 0 Å². The first-order valence-electron chi connectivity index (χ1n) is 7.91. The van der Waals surface area contributed by atoms with Gasteiger partial charge in [-0.25, -0.2) is 0 Å². The van der Waals surface area contributed by atoms with Crippen molar-refractivity contribution in [1.29, 1.82) is 0 Å². The molecule has 0 aromatic carbocycles. The number of nitrogens with one attached hydrogen (secondary N) is 2. The number of carbonyl (C=O) groups excluding carboxylic acids is 1. The third kappa shape index (κ3) is 2.76. The molecule has 2 atom stereocenters. The normalized spacial score (nSPS) is 25.6. The van der Waals surface area contributed by atoms with E-state index in [-0.39, 0.29) is 17.2 Å². The summed E-state index contributed by atoms with van der Waals surface area (Å²) in [6.45, 7) is 8.91. The van der Waals surface area contributed by atoms with E-state index in [1.165, 1.54) is 5.57 Å². The molecule has 1 aromatic rings. The second-order valence-electron chi connectivity index (χ2n) is 7.33. The van der Waals surface area contributed by atoms with Gasteiger partial charge in [-0.05, 0) is 50.2 Å². The number of aromatic amines is 1. The lowest BCUT2D eigenvalue weighted by Crippen LogP contribution is -2.27. The van der Waals surface area contributed by atoms with Gasteiger partial charge in [-0.2, -0.15) is 5.10 Å². The van der Waals surface area contributed by atoms with Gasteiger partial charge >= 0.3 is 0 Å². The van der Waals surface area contributed by atoms with Crippen molar-refractivity contribution in [2.45, 2.75) is 53.1 Å². The highest BCUT2D eigenvalue weighted by Gasteiger charge is 2.60. The molecule has 2 aliphatic carbocycles. The molecule has 0 unspecified atom stereocenters. The second kappa shape index (κ2) is 5.33. The number of hydrogen-bond donors (Lipinski definition) is 2. The Morgan fingerprint density at radius 2 is 2.18 bits per heavy atom. The zero-order valence-corrected chi connectivity index (χ0v) is 14.5. The van der Waals surface area contributed by atoms with Crippen molar-refractivity contribution >= 4 is 18.1 Å². The molecule has 2 N–H and O–H groups in total. The highest BCUT2D eigenvalue weighted by molar-refractivity contribution is 7.71. The highest BCUT2D eigenvalue weighted by atomic mass is 32.1. The van der Waals surface area contributed by atoms with Crippen LogP contribution in [0.15, 0.2) is 11.6 Å². The van der Waals surface area contributed by atoms with Gasteiger partial charge in [-0.3, -0.25) is 14.5 Å². The van der Waals surface area contributed by atoms with Crippen molar-refractivity contribution < 1.29 is 4.79 Å². The number of H-pyrrole nitrogens is 1. The van der Waals surface area contributed by atoms with Gasteiger partial charge in [0, 0.05) is 6.04 Å². The van der Waals surface area contributed by atoms with E-state index in [2.05, 4.69) is 49.3 Å². The zero-order chi connectivity index (χ0) is 16.1. The van der Waals surface area contributed by atoms with Crippen LogP contribution in [-0.2, 0) is 11.3 Å². The summed E-state index contributed by atoms with van der Waals surface area (Å²) < 4.78 is 2.70. The minimum Gasteiger partial charge on any atom is -0.349 e. The van der Waals surface area contributed by atoms with Crippen LogP contribution in [-0.4, -0.2) is 20.7 Å². The number of carbonyl (C=O) groups is 1. The van der Waals surface area contributed by atoms with Gasteiger partial charge in [0.2, 0.25) is 5.91 Å². The van der Waals surface area contributed by atoms with Gasteiger partial charge in [-0.1, -0.05) is 25.5 Å². The van der Waals surface area contributed by atoms with E-state index in [1.54, 1.807) is 0 Å². The molecule has 0 bridgehead atoms. The van der Waals surface area contributed by atoms with Crippen LogP contribution in [0, 0.1) is 22.0 Å². The molecule has 2 fully saturated rings. The molecule has 3 rings (SSSR count). The second-order valence-corrected chi connectivity index (χ2v) is 7.72. The van der Waals surface area contributed by atoms with Crippen LogP contribution in [0.3, 0.4) is 0 Å². The van der Waals surface area contributed by atoms with E-state index in [1.807, 2.05) is 4.57 Å². The lowest BCUT2D eigenvalue weighted by Gasteiger charge is -2.07. The number of aromatic nitrogens is 3. The molecular formula is C16H24N4OS. The van der Waals surface area contributed by atoms with E-state index >= 15 is 0 Å². The molecule has 2 saturated carbocycles. The van der Waals surface area contributed by atoms with Crippen molar-refractivity contribution in [2.24, 2.45) is 17.3 Å². The molecule has 1 amide bonds. The van der Waals surface area contributed by atoms with Gasteiger partial charge in [0.25, 0.3) is 0 Å². The standard InChI is InChI=1S/C16H24N4OS/c1-9(2)7-11-13(16(11,3)4)14(21)17-8-12-18-19-15(22)20(12)10-5-6-10/h7,10-11,13H,5-6,8H2,1-4H3,(H,17,21)(H,19,22)/t11-,13+/m0/s1. The molecule has 0 spiro atoms. The fraction of sp³-hybridized carbons (Fsp3) is 0.688. The first kappa shape index (κ1) is 15.5. The van der Waals surface area contributed by atoms with Crippen molar-refractivity contribution in [3.8, 4) is 0 Å². The molecular weight excluding hydrogens is 296 g/mol. The fourth-order valence-electron chi connectivity index (χ4n) is 3.30. The lowest BCUT2D eigenvalue weighted by molar-refractivity contribution is -0.123. The SMILES string of the molecule is CC(C)=C[C@H]1[C@H](C(=O)NCc2n[nH]c(=S)n2C2CC2)C1(C)C. The predicted octanol–water partition coefficient (Wildman–Crippen LogP) is 3.13. The smallest absolute Gasteiger partial charge is 0.224 e. The molecule has 22 heavy (non-hydrogen) atoms. The molecule has 6 heteroatoms. The number of rotatable bonds is 5. The van der Waals surface area contributed by atoms with Crippen molar-refractivity contribution in [3.05, 3.63) is 22.2 Å². The first-order chi connectivity index (χ1) is 10.3. The summed E-state index contributed by atoms with van der Waals surface area (Å²) >= 11 is 5.26. The number of hydrogen-bond acceptors (Lipinski definition) is 3. The van der Waals surface area contributed by atoms with Crippen LogP contribution in [0.4, 0.5) is 0 Å². The fourth-order valence-corrected chi connectivity index (χ4v) is 3.60. The van der Waals surface area contributed by atoms with E-state index in [9.17, 15) is 4.79 Å². The third-order valence-electron chi connectivity index (χ3n) is 4.82. The van der Waals surface area contributed by atoms with Crippen LogP contribution in [0.2, 0.25) is 0 Å². The molecule has 0 aliphatic heterocycles. The molecule has 120 valence electrons. The summed E-state index contributed by atoms with van der Waals surface area (Å²) in [7, 11) is 0. The van der Waals surface area contributed by atoms with Gasteiger partial charge in [0.05, 0.1) is 12.5 Å². The van der Waals surface area contributed by atoms with Crippen molar-refractivity contribution in [1.82, 2.24) is 20.1 Å². The van der Waals surface area contributed by atoms with E-state index in [4.69, 9.17) is 12.2 Å². The summed E-state index contributed by atoms with van der Waals surface area (Å²) in [6.07, 6.45) is 4.50. The maximum Gasteiger partial charge on any atom is 0.224 e. The van der Waals surface area contributed by atoms with Crippen LogP contribution < -0.4 is 5.32 Å². The first-order valence-corrected chi connectivity index (χ1v) is 8.31. The van der Waals surface area contributed by atoms with Gasteiger partial charge in [0.1, 0.15) is 0 Å². The van der Waals surface area contributed by atoms with Crippen LogP contribution in [0.5, 0.6) is 0 Å². The van der Waals surface area contributed by atoms with Crippen LogP contribution in [0.1, 0.15) is 52.4 Å². The Labute approximate surface area is 136 Å². The molecule has 1 heterocycles. The molecule has 0 radical (unpaired) electrons. The molecule has 0 saturated heterocycles. The average molecular weight is 320 g/mol. The van der Waals surface area contributed by atoms with Crippen LogP contribution >= 0.6 is 12.2 Å². The lowest BCUT2D eigenvalue weighted by atomic mass is 10.1. The van der Waals surface area contributed by atoms with E-state index in [0.717, 1.165) is 18.7 Å². The van der Waals surface area contributed by atoms with Crippen LogP contribution in [0.25, 0.3) is 0 Å². The molecule has 2 aliphatic rings. The van der Waals surface area contributed by atoms with Crippen molar-refractivity contribution in [3.63, 3.8) is 0 Å². The van der Waals surface area contributed by atoms with Crippen molar-refractivity contribution in [2.75, 3.05) is 0 Å². The molecule has 1 aromatic heterocycles. The topological polar surface area (TPSA) is 62.7 Å². The quantitative estimate of drug-likeness (QED) is 0.647. The Bertz CT molecular complexity index is 677. The third-order valence-corrected chi connectivity index (χ3v) is 5.10. The van der Waals surface area contributed by atoms with Gasteiger partial charge in [-0.15, -0.1) is 0 Å². The van der Waals surface area contributed by atoms with E-state index in [0.29, 0.717) is 23.3 Å². The summed E-state index contributed by atoms with van der Waals surface area (Å²) in [5.74, 6) is 1.34. The monoisotopic (exact) mass is 320 g/mol. The Balaban J connectivity index is 1.64. The molecule has 5 nitrogen and oxygen atoms in total. The Hall–Kier alpha value is -1.43. The minimum atomic E-state index is 0.0442. The number of amides is 1. The summed E-state index contributed by atoms with van der Waals surface area (Å²) in [5.41, 5.74) is 1.31. The summed E-state index contributed by atoms with van der Waals surface area (Å²) in [4.78, 5) is 12.5. The highest BCUT2D eigenvalue weighted by Crippen LogP contribution is 2.59. The Morgan fingerprint density at radius 1 is 1.50 bits per heavy atom. The largest absolute Gasteiger partial charge is 0.349 e. The average Bonchev–Trinajstić information content (AvgIpc) is 3.29. The maximum absolute atomic E-state index is 12.5. The maximum atomic E-state index is 12.5. The Kier molecular flexibility index (Phi) is 3.75. The number of allylic oxidation sites excluding steroid dienone is 2. The predicted molar refractivity (Wildman–Crippen MR) is 87.7 cm³/mol. The summed E-state index contributed by atoms with van der Waals surface area (Å²) in [6, 6.07) is 0.467. The Morgan fingerprint density at radius 3 is 2.77 bits per heavy atom.